The lowest BCUT2D eigenvalue weighted by atomic mass is 10.2. The Morgan fingerprint density at radius 2 is 1.94 bits per heavy atom. The lowest BCUT2D eigenvalue weighted by molar-refractivity contribution is 0.314. The molecule has 0 aliphatic rings. The molecule has 0 atom stereocenters. The Morgan fingerprint density at radius 1 is 1.39 bits per heavy atom. The molecule has 4 N–H and O–H groups in total. The molecule has 108 valence electrons. The van der Waals surface area contributed by atoms with Gasteiger partial charge in [0.2, 0.25) is 0 Å². The van der Waals surface area contributed by atoms with Crippen LogP contribution in [-0.4, -0.2) is 42.9 Å². The zero-order chi connectivity index (χ0) is 14.3. The highest BCUT2D eigenvalue weighted by atomic mass is 32.2. The molecule has 0 aliphatic heterocycles. The lowest BCUT2D eigenvalue weighted by Crippen LogP contribution is -2.46. The van der Waals surface area contributed by atoms with Crippen molar-refractivity contribution in [2.24, 2.45) is 16.8 Å². The van der Waals surface area contributed by atoms with Crippen LogP contribution in [0, 0.1) is 5.92 Å². The Kier molecular flexibility index (Phi) is 7.19. The first-order valence-electron chi connectivity index (χ1n) is 5.92. The molecule has 0 aromatic carbocycles. The maximum atomic E-state index is 12.0. The minimum Gasteiger partial charge on any atom is -0.409 e. The second-order valence-corrected chi connectivity index (χ2v) is 6.57. The van der Waals surface area contributed by atoms with E-state index in [9.17, 15) is 8.42 Å². The van der Waals surface area contributed by atoms with E-state index in [0.717, 1.165) is 0 Å². The van der Waals surface area contributed by atoms with Crippen molar-refractivity contribution in [3.63, 3.8) is 0 Å². The summed E-state index contributed by atoms with van der Waals surface area (Å²) in [6, 6.07) is -0.173. The van der Waals surface area contributed by atoms with E-state index < -0.39 is 10.2 Å². The van der Waals surface area contributed by atoms with Crippen molar-refractivity contribution < 1.29 is 13.6 Å². The summed E-state index contributed by atoms with van der Waals surface area (Å²) in [5, 5.41) is 11.3. The summed E-state index contributed by atoms with van der Waals surface area (Å²) in [4.78, 5) is 0. The number of amidine groups is 1. The van der Waals surface area contributed by atoms with Gasteiger partial charge in [-0.2, -0.15) is 17.4 Å². The predicted octanol–water partition coefficient (Wildman–Crippen LogP) is 0.324. The smallest absolute Gasteiger partial charge is 0.279 e. The third kappa shape index (κ3) is 6.77. The highest BCUT2D eigenvalue weighted by molar-refractivity contribution is 7.87. The quantitative estimate of drug-likeness (QED) is 0.257. The summed E-state index contributed by atoms with van der Waals surface area (Å²) in [6.07, 6.45) is 0.197. The molecule has 7 nitrogen and oxygen atoms in total. The van der Waals surface area contributed by atoms with Gasteiger partial charge in [-0.1, -0.05) is 19.0 Å². The fourth-order valence-corrected chi connectivity index (χ4v) is 2.95. The predicted molar refractivity (Wildman–Crippen MR) is 71.6 cm³/mol. The summed E-state index contributed by atoms with van der Waals surface area (Å²) in [7, 11) is -3.53. The molecule has 18 heavy (non-hydrogen) atoms. The van der Waals surface area contributed by atoms with E-state index in [0.29, 0.717) is 6.54 Å². The number of oxime groups is 1. The first-order valence-corrected chi connectivity index (χ1v) is 7.36. The molecule has 0 fully saturated rings. The fraction of sp³-hybridized carbons (Fsp3) is 0.900. The van der Waals surface area contributed by atoms with Crippen LogP contribution in [-0.2, 0) is 10.2 Å². The van der Waals surface area contributed by atoms with Crippen LogP contribution in [0.15, 0.2) is 5.16 Å². The van der Waals surface area contributed by atoms with Gasteiger partial charge in [0.05, 0.1) is 0 Å². The Hall–Kier alpha value is -0.860. The summed E-state index contributed by atoms with van der Waals surface area (Å²) in [5.74, 6) is 0.213. The fourth-order valence-electron chi connectivity index (χ4n) is 1.38. The minimum atomic E-state index is -3.53. The zero-order valence-corrected chi connectivity index (χ0v) is 12.2. The van der Waals surface area contributed by atoms with Gasteiger partial charge in [-0.05, 0) is 19.8 Å². The van der Waals surface area contributed by atoms with Crippen molar-refractivity contribution in [3.05, 3.63) is 0 Å². The molecule has 0 aromatic heterocycles. The van der Waals surface area contributed by atoms with Gasteiger partial charge in [0.15, 0.2) is 0 Å². The first kappa shape index (κ1) is 17.1. The molecule has 0 unspecified atom stereocenters. The summed E-state index contributed by atoms with van der Waals surface area (Å²) >= 11 is 0. The van der Waals surface area contributed by atoms with Crippen molar-refractivity contribution in [2.75, 3.05) is 13.1 Å². The van der Waals surface area contributed by atoms with E-state index in [4.69, 9.17) is 10.9 Å². The molecule has 0 aromatic rings. The Labute approximate surface area is 109 Å². The molecular weight excluding hydrogens is 256 g/mol. The van der Waals surface area contributed by atoms with Crippen LogP contribution in [0.3, 0.4) is 0 Å². The first-order chi connectivity index (χ1) is 8.19. The normalized spacial score (nSPS) is 13.8. The lowest BCUT2D eigenvalue weighted by Gasteiger charge is -2.25. The standard InChI is InChI=1S/C10H24N4O3S/c1-8(2)7-14(6-5-10(11)12-15)18(16,17)13-9(3)4/h8-9,13,15H,5-7H2,1-4H3,(H2,11,12). The summed E-state index contributed by atoms with van der Waals surface area (Å²) < 4.78 is 27.9. The van der Waals surface area contributed by atoms with Crippen molar-refractivity contribution >= 4 is 16.0 Å². The largest absolute Gasteiger partial charge is 0.409 e. The molecule has 0 amide bonds. The summed E-state index contributed by atoms with van der Waals surface area (Å²) in [5.41, 5.74) is 5.35. The van der Waals surface area contributed by atoms with Crippen LogP contribution in [0.5, 0.6) is 0 Å². The monoisotopic (exact) mass is 280 g/mol. The van der Waals surface area contributed by atoms with Gasteiger partial charge < -0.3 is 10.9 Å². The number of nitrogens with one attached hydrogen (secondary N) is 1. The van der Waals surface area contributed by atoms with Crippen LogP contribution in [0.25, 0.3) is 0 Å². The number of nitrogens with two attached hydrogens (primary N) is 1. The molecule has 0 rings (SSSR count). The average Bonchev–Trinajstić information content (AvgIpc) is 2.21. The Balaban J connectivity index is 4.77. The molecule has 0 saturated heterocycles. The molecule has 0 spiro atoms. The van der Waals surface area contributed by atoms with E-state index in [1.54, 1.807) is 13.8 Å². The van der Waals surface area contributed by atoms with E-state index in [2.05, 4.69) is 9.88 Å². The summed E-state index contributed by atoms with van der Waals surface area (Å²) in [6.45, 7) is 7.96. The van der Waals surface area contributed by atoms with Gasteiger partial charge in [-0.3, -0.25) is 0 Å². The number of rotatable bonds is 8. The third-order valence-electron chi connectivity index (χ3n) is 2.04. The van der Waals surface area contributed by atoms with Gasteiger partial charge >= 0.3 is 0 Å². The van der Waals surface area contributed by atoms with Gasteiger partial charge in [0, 0.05) is 25.6 Å². The number of hydrogen-bond donors (Lipinski definition) is 3. The molecule has 0 radical (unpaired) electrons. The molecular formula is C10H24N4O3S. The van der Waals surface area contributed by atoms with Crippen molar-refractivity contribution in [1.29, 1.82) is 0 Å². The van der Waals surface area contributed by atoms with Crippen LogP contribution in [0.1, 0.15) is 34.1 Å². The van der Waals surface area contributed by atoms with E-state index in [1.807, 2.05) is 13.8 Å². The number of nitrogens with zero attached hydrogens (tertiary/aromatic N) is 2. The van der Waals surface area contributed by atoms with E-state index in [1.165, 1.54) is 4.31 Å². The van der Waals surface area contributed by atoms with Crippen molar-refractivity contribution in [3.8, 4) is 0 Å². The molecule has 0 aliphatic carbocycles. The second-order valence-electron chi connectivity index (χ2n) is 4.87. The maximum absolute atomic E-state index is 12.0. The van der Waals surface area contributed by atoms with Crippen LogP contribution < -0.4 is 10.5 Å². The van der Waals surface area contributed by atoms with Gasteiger partial charge in [0.25, 0.3) is 10.2 Å². The highest BCUT2D eigenvalue weighted by Crippen LogP contribution is 2.06. The second kappa shape index (κ2) is 7.55. The zero-order valence-electron chi connectivity index (χ0n) is 11.4. The topological polar surface area (TPSA) is 108 Å². The van der Waals surface area contributed by atoms with Gasteiger partial charge in [-0.15, -0.1) is 0 Å². The van der Waals surface area contributed by atoms with Gasteiger partial charge in [-0.25, -0.2) is 0 Å². The molecule has 0 bridgehead atoms. The van der Waals surface area contributed by atoms with Gasteiger partial charge in [0.1, 0.15) is 5.84 Å². The van der Waals surface area contributed by atoms with Crippen LogP contribution in [0.2, 0.25) is 0 Å². The van der Waals surface area contributed by atoms with E-state index >= 15 is 0 Å². The average molecular weight is 280 g/mol. The molecule has 8 heteroatoms. The van der Waals surface area contributed by atoms with Crippen LogP contribution >= 0.6 is 0 Å². The van der Waals surface area contributed by atoms with Crippen molar-refractivity contribution in [2.45, 2.75) is 40.2 Å². The Bertz CT molecular complexity index is 365. The van der Waals surface area contributed by atoms with E-state index in [-0.39, 0.29) is 30.8 Å². The SMILES string of the molecule is CC(C)CN(CCC(N)=NO)S(=O)(=O)NC(C)C. The van der Waals surface area contributed by atoms with Crippen molar-refractivity contribution in [1.82, 2.24) is 9.03 Å². The Morgan fingerprint density at radius 3 is 2.33 bits per heavy atom. The molecule has 0 heterocycles. The van der Waals surface area contributed by atoms with Crippen LogP contribution in [0.4, 0.5) is 0 Å². The minimum absolute atomic E-state index is 0.0171. The third-order valence-corrected chi connectivity index (χ3v) is 3.82. The highest BCUT2D eigenvalue weighted by Gasteiger charge is 2.23. The molecule has 0 saturated carbocycles. The maximum Gasteiger partial charge on any atom is 0.279 e. The number of hydrogen-bond acceptors (Lipinski definition) is 4.